The van der Waals surface area contributed by atoms with Crippen LogP contribution in [0.1, 0.15) is 30.8 Å². The monoisotopic (exact) mass is 306 g/mol. The first kappa shape index (κ1) is 15.0. The molecule has 0 saturated carbocycles. The lowest BCUT2D eigenvalue weighted by Crippen LogP contribution is -2.27. The molecule has 1 amide bonds. The number of pyridine rings is 1. The Hall–Kier alpha value is -2.95. The van der Waals surface area contributed by atoms with Crippen molar-refractivity contribution in [1.29, 1.82) is 0 Å². The lowest BCUT2D eigenvalue weighted by atomic mass is 10.2. The number of aromatic amines is 1. The Labute approximate surface area is 134 Å². The summed E-state index contributed by atoms with van der Waals surface area (Å²) in [5.41, 5.74) is 2.82. The number of rotatable bonds is 5. The van der Waals surface area contributed by atoms with Crippen molar-refractivity contribution in [2.45, 2.75) is 19.4 Å². The fourth-order valence-corrected chi connectivity index (χ4v) is 2.37. The van der Waals surface area contributed by atoms with Crippen molar-refractivity contribution >= 4 is 23.0 Å². The summed E-state index contributed by atoms with van der Waals surface area (Å²) in [5.74, 6) is 0.633. The molecule has 0 aliphatic heterocycles. The van der Waals surface area contributed by atoms with E-state index in [4.69, 9.17) is 0 Å². The van der Waals surface area contributed by atoms with E-state index in [9.17, 15) is 4.79 Å². The molecule has 0 aliphatic carbocycles. The van der Waals surface area contributed by atoms with Gasteiger partial charge in [-0.1, -0.05) is 19.1 Å². The first-order chi connectivity index (χ1) is 11.3. The van der Waals surface area contributed by atoms with E-state index in [-0.39, 0.29) is 11.9 Å². The van der Waals surface area contributed by atoms with Crippen LogP contribution >= 0.6 is 0 Å². The fourth-order valence-electron chi connectivity index (χ4n) is 2.37. The molecule has 3 aromatic rings. The number of aromatic nitrogens is 3. The summed E-state index contributed by atoms with van der Waals surface area (Å²) in [4.78, 5) is 23.9. The number of benzene rings is 1. The Balaban J connectivity index is 1.71. The molecule has 0 radical (unpaired) electrons. The van der Waals surface area contributed by atoms with Gasteiger partial charge in [-0.2, -0.15) is 0 Å². The van der Waals surface area contributed by atoms with Crippen LogP contribution in [0.2, 0.25) is 0 Å². The minimum absolute atomic E-state index is 0.142. The molecular formula is C18H18N4O. The molecule has 0 bridgehead atoms. The second kappa shape index (κ2) is 6.87. The number of carbonyl (C=O) groups is 1. The molecule has 2 heterocycles. The molecule has 2 N–H and O–H groups in total. The highest BCUT2D eigenvalue weighted by Gasteiger charge is 2.15. The molecule has 3 rings (SSSR count). The van der Waals surface area contributed by atoms with Crippen molar-refractivity contribution in [3.63, 3.8) is 0 Å². The molecule has 23 heavy (non-hydrogen) atoms. The third-order valence-electron chi connectivity index (χ3n) is 3.60. The summed E-state index contributed by atoms with van der Waals surface area (Å²) >= 11 is 0. The van der Waals surface area contributed by atoms with E-state index >= 15 is 0 Å². The van der Waals surface area contributed by atoms with Crippen molar-refractivity contribution in [3.05, 3.63) is 66.3 Å². The first-order valence-electron chi connectivity index (χ1n) is 7.59. The van der Waals surface area contributed by atoms with Gasteiger partial charge in [0.1, 0.15) is 5.82 Å². The molecule has 0 saturated heterocycles. The zero-order chi connectivity index (χ0) is 16.1. The number of nitrogens with zero attached hydrogens (tertiary/aromatic N) is 2. The average Bonchev–Trinajstić information content (AvgIpc) is 3.02. The van der Waals surface area contributed by atoms with Gasteiger partial charge in [-0.15, -0.1) is 0 Å². The molecule has 5 nitrogen and oxygen atoms in total. The maximum absolute atomic E-state index is 12.1. The molecule has 2 aromatic heterocycles. The van der Waals surface area contributed by atoms with Crippen LogP contribution in [-0.4, -0.2) is 20.9 Å². The molecule has 5 heteroatoms. The average molecular weight is 306 g/mol. The predicted octanol–water partition coefficient (Wildman–Crippen LogP) is 3.24. The molecule has 1 aromatic carbocycles. The third-order valence-corrected chi connectivity index (χ3v) is 3.60. The standard InChI is InChI=1S/C18H18N4O/c1-2-14(18-21-15-5-3-4-6-16(15)22-18)20-17(23)8-7-13-9-11-19-12-10-13/h3-12,14H,2H2,1H3,(H,20,23)(H,21,22)/b8-7-/t14-/m1/s1. The maximum atomic E-state index is 12.1. The van der Waals surface area contributed by atoms with Gasteiger partial charge in [0.15, 0.2) is 0 Å². The highest BCUT2D eigenvalue weighted by atomic mass is 16.1. The van der Waals surface area contributed by atoms with Gasteiger partial charge in [-0.05, 0) is 42.3 Å². The molecule has 0 fully saturated rings. The Kier molecular flexibility index (Phi) is 4.47. The van der Waals surface area contributed by atoms with E-state index in [0.717, 1.165) is 28.8 Å². The Morgan fingerprint density at radius 3 is 2.78 bits per heavy atom. The van der Waals surface area contributed by atoms with Gasteiger partial charge < -0.3 is 10.3 Å². The number of fused-ring (bicyclic) bond motifs is 1. The van der Waals surface area contributed by atoms with Crippen molar-refractivity contribution in [2.24, 2.45) is 0 Å². The summed E-state index contributed by atoms with van der Waals surface area (Å²) in [5, 5.41) is 2.98. The van der Waals surface area contributed by atoms with E-state index in [1.54, 1.807) is 18.5 Å². The molecular weight excluding hydrogens is 288 g/mol. The largest absolute Gasteiger partial charge is 0.343 e. The van der Waals surface area contributed by atoms with Gasteiger partial charge in [0.25, 0.3) is 0 Å². The molecule has 116 valence electrons. The van der Waals surface area contributed by atoms with Crippen LogP contribution in [0.25, 0.3) is 17.1 Å². The highest BCUT2D eigenvalue weighted by molar-refractivity contribution is 5.92. The molecule has 0 unspecified atom stereocenters. The first-order valence-corrected chi connectivity index (χ1v) is 7.59. The Morgan fingerprint density at radius 2 is 2.04 bits per heavy atom. The second-order valence-corrected chi connectivity index (χ2v) is 5.22. The highest BCUT2D eigenvalue weighted by Crippen LogP contribution is 2.18. The number of para-hydroxylation sites is 2. The summed E-state index contributed by atoms with van der Waals surface area (Å²) < 4.78 is 0. The Morgan fingerprint density at radius 1 is 1.26 bits per heavy atom. The van der Waals surface area contributed by atoms with E-state index < -0.39 is 0 Å². The predicted molar refractivity (Wildman–Crippen MR) is 90.5 cm³/mol. The molecule has 1 atom stereocenters. The number of nitrogens with one attached hydrogen (secondary N) is 2. The maximum Gasteiger partial charge on any atom is 0.244 e. The number of H-pyrrole nitrogens is 1. The smallest absolute Gasteiger partial charge is 0.244 e. The summed E-state index contributed by atoms with van der Waals surface area (Å²) in [6.45, 7) is 2.02. The summed E-state index contributed by atoms with van der Waals surface area (Å²) in [7, 11) is 0. The van der Waals surface area contributed by atoms with Crippen molar-refractivity contribution in [3.8, 4) is 0 Å². The Bertz CT molecular complexity index is 790. The van der Waals surface area contributed by atoms with Gasteiger partial charge in [0, 0.05) is 18.5 Å². The van der Waals surface area contributed by atoms with Crippen molar-refractivity contribution in [1.82, 2.24) is 20.3 Å². The van der Waals surface area contributed by atoms with Crippen LogP contribution in [0.15, 0.2) is 54.9 Å². The quantitative estimate of drug-likeness (QED) is 0.711. The lowest BCUT2D eigenvalue weighted by Gasteiger charge is -2.12. The van der Waals surface area contributed by atoms with E-state index in [2.05, 4.69) is 20.3 Å². The van der Waals surface area contributed by atoms with Crippen molar-refractivity contribution < 1.29 is 4.79 Å². The number of hydrogen-bond donors (Lipinski definition) is 2. The summed E-state index contributed by atoms with van der Waals surface area (Å²) in [6, 6.07) is 11.4. The summed E-state index contributed by atoms with van der Waals surface area (Å²) in [6.07, 6.45) is 7.44. The zero-order valence-electron chi connectivity index (χ0n) is 12.9. The van der Waals surface area contributed by atoms with Crippen LogP contribution in [0.3, 0.4) is 0 Å². The van der Waals surface area contributed by atoms with E-state index in [1.165, 1.54) is 6.08 Å². The topological polar surface area (TPSA) is 70.7 Å². The van der Waals surface area contributed by atoms with Gasteiger partial charge in [0.2, 0.25) is 5.91 Å². The molecule has 0 spiro atoms. The number of carbonyl (C=O) groups excluding carboxylic acids is 1. The van der Waals surface area contributed by atoms with Crippen LogP contribution in [-0.2, 0) is 4.79 Å². The normalized spacial score (nSPS) is 12.6. The van der Waals surface area contributed by atoms with Crippen LogP contribution in [0, 0.1) is 0 Å². The number of hydrogen-bond acceptors (Lipinski definition) is 3. The van der Waals surface area contributed by atoms with Crippen molar-refractivity contribution in [2.75, 3.05) is 0 Å². The zero-order valence-corrected chi connectivity index (χ0v) is 12.9. The van der Waals surface area contributed by atoms with E-state index in [1.807, 2.05) is 43.3 Å². The fraction of sp³-hybridized carbons (Fsp3) is 0.167. The minimum atomic E-state index is -0.144. The lowest BCUT2D eigenvalue weighted by molar-refractivity contribution is -0.117. The van der Waals surface area contributed by atoms with Crippen LogP contribution in [0.5, 0.6) is 0 Å². The SMILES string of the molecule is CC[C@@H](NC(=O)/C=C\c1ccncc1)c1nc2ccccc2[nH]1. The van der Waals surface area contributed by atoms with Gasteiger partial charge in [-0.3, -0.25) is 9.78 Å². The third kappa shape index (κ3) is 3.63. The van der Waals surface area contributed by atoms with Crippen LogP contribution in [0.4, 0.5) is 0 Å². The minimum Gasteiger partial charge on any atom is -0.343 e. The van der Waals surface area contributed by atoms with Gasteiger partial charge in [0.05, 0.1) is 17.1 Å². The number of imidazole rings is 1. The second-order valence-electron chi connectivity index (χ2n) is 5.22. The van der Waals surface area contributed by atoms with Gasteiger partial charge >= 0.3 is 0 Å². The molecule has 0 aliphatic rings. The van der Waals surface area contributed by atoms with Crippen LogP contribution < -0.4 is 5.32 Å². The van der Waals surface area contributed by atoms with Gasteiger partial charge in [-0.25, -0.2) is 4.98 Å². The van der Waals surface area contributed by atoms with E-state index in [0.29, 0.717) is 0 Å². The number of amides is 1.